The Bertz CT molecular complexity index is 627. The fourth-order valence-electron chi connectivity index (χ4n) is 4.47. The van der Waals surface area contributed by atoms with E-state index in [1.807, 2.05) is 35.2 Å². The molecule has 1 unspecified atom stereocenters. The number of carbonyl (C=O) groups excluding carboxylic acids is 1. The van der Waals surface area contributed by atoms with Gasteiger partial charge < -0.3 is 19.5 Å². The number of aliphatic carboxylic acids is 1. The number of fused-ring (bicyclic) bond motifs is 3. The van der Waals surface area contributed by atoms with Crippen molar-refractivity contribution in [1.82, 2.24) is 4.90 Å². The van der Waals surface area contributed by atoms with Crippen molar-refractivity contribution in [2.45, 2.75) is 50.7 Å². The predicted octanol–water partition coefficient (Wildman–Crippen LogP) is 2.71. The van der Waals surface area contributed by atoms with E-state index < -0.39 is 18.0 Å². The van der Waals surface area contributed by atoms with Crippen LogP contribution in [0, 0.1) is 11.8 Å². The van der Waals surface area contributed by atoms with Gasteiger partial charge in [0.2, 0.25) is 5.91 Å². The lowest BCUT2D eigenvalue weighted by atomic mass is 9.79. The molecule has 3 fully saturated rings. The van der Waals surface area contributed by atoms with Gasteiger partial charge in [-0.15, -0.1) is 0 Å². The number of carboxylic acids is 1. The molecule has 2 bridgehead atoms. The molecule has 1 saturated carbocycles. The van der Waals surface area contributed by atoms with Crippen molar-refractivity contribution in [3.05, 3.63) is 35.9 Å². The SMILES string of the molecule is COCOC(C(=O)O)[C@H](CC(=O)N1CC2CCC1CC2)Cc1ccccc1. The van der Waals surface area contributed by atoms with Gasteiger partial charge in [-0.25, -0.2) is 4.79 Å². The van der Waals surface area contributed by atoms with E-state index in [-0.39, 0.29) is 19.1 Å². The van der Waals surface area contributed by atoms with Crippen molar-refractivity contribution in [1.29, 1.82) is 0 Å². The molecule has 3 aliphatic rings. The van der Waals surface area contributed by atoms with Gasteiger partial charge >= 0.3 is 5.97 Å². The lowest BCUT2D eigenvalue weighted by Crippen LogP contribution is -2.51. The molecule has 1 aliphatic carbocycles. The number of methoxy groups -OCH3 is 1. The molecule has 0 spiro atoms. The Balaban J connectivity index is 1.73. The molecule has 1 amide bonds. The molecule has 0 radical (unpaired) electrons. The largest absolute Gasteiger partial charge is 0.479 e. The monoisotopic (exact) mass is 375 g/mol. The maximum atomic E-state index is 13.0. The Morgan fingerprint density at radius 2 is 1.89 bits per heavy atom. The van der Waals surface area contributed by atoms with E-state index in [0.717, 1.165) is 24.9 Å². The van der Waals surface area contributed by atoms with Gasteiger partial charge in [0.05, 0.1) is 0 Å². The number of carboxylic acid groups (broad SMARTS) is 1. The van der Waals surface area contributed by atoms with Crippen LogP contribution in [0.1, 0.15) is 37.7 Å². The topological polar surface area (TPSA) is 76.1 Å². The van der Waals surface area contributed by atoms with Crippen LogP contribution in [0.4, 0.5) is 0 Å². The average Bonchev–Trinajstić information content (AvgIpc) is 2.69. The smallest absolute Gasteiger partial charge is 0.333 e. The number of ether oxygens (including phenoxy) is 2. The Labute approximate surface area is 160 Å². The van der Waals surface area contributed by atoms with Crippen molar-refractivity contribution in [3.63, 3.8) is 0 Å². The number of hydrogen-bond acceptors (Lipinski definition) is 4. The van der Waals surface area contributed by atoms with E-state index in [4.69, 9.17) is 9.47 Å². The van der Waals surface area contributed by atoms with Crippen LogP contribution in [-0.4, -0.2) is 54.5 Å². The van der Waals surface area contributed by atoms with Crippen LogP contribution in [0.2, 0.25) is 0 Å². The van der Waals surface area contributed by atoms with E-state index in [1.165, 1.54) is 20.0 Å². The second kappa shape index (κ2) is 9.33. The Hall–Kier alpha value is -1.92. The zero-order valence-corrected chi connectivity index (χ0v) is 15.9. The summed E-state index contributed by atoms with van der Waals surface area (Å²) in [7, 11) is 1.46. The zero-order chi connectivity index (χ0) is 19.2. The molecular formula is C21H29NO5. The normalized spacial score (nSPS) is 23.8. The molecule has 148 valence electrons. The lowest BCUT2D eigenvalue weighted by Gasteiger charge is -2.45. The molecule has 1 aromatic rings. The first kappa shape index (κ1) is 19.8. The van der Waals surface area contributed by atoms with Gasteiger partial charge in [-0.05, 0) is 43.6 Å². The molecule has 27 heavy (non-hydrogen) atoms. The number of amides is 1. The number of carbonyl (C=O) groups is 2. The molecule has 0 aromatic heterocycles. The number of hydrogen-bond donors (Lipinski definition) is 1. The van der Waals surface area contributed by atoms with Crippen LogP contribution in [0.5, 0.6) is 0 Å². The van der Waals surface area contributed by atoms with Crippen molar-refractivity contribution in [2.24, 2.45) is 11.8 Å². The summed E-state index contributed by atoms with van der Waals surface area (Å²) in [6.45, 7) is 0.711. The quantitative estimate of drug-likeness (QED) is 0.672. The van der Waals surface area contributed by atoms with Crippen molar-refractivity contribution in [2.75, 3.05) is 20.4 Å². The Kier molecular flexibility index (Phi) is 6.85. The molecule has 6 heteroatoms. The highest BCUT2D eigenvalue weighted by Crippen LogP contribution is 2.35. The molecule has 2 heterocycles. The summed E-state index contributed by atoms with van der Waals surface area (Å²) >= 11 is 0. The van der Waals surface area contributed by atoms with Gasteiger partial charge in [0.25, 0.3) is 0 Å². The third-order valence-electron chi connectivity index (χ3n) is 5.85. The highest BCUT2D eigenvalue weighted by atomic mass is 16.7. The average molecular weight is 375 g/mol. The highest BCUT2D eigenvalue weighted by molar-refractivity contribution is 5.79. The molecule has 2 atom stereocenters. The minimum atomic E-state index is -1.07. The van der Waals surface area contributed by atoms with Crippen LogP contribution >= 0.6 is 0 Å². The summed E-state index contributed by atoms with van der Waals surface area (Å²) in [6, 6.07) is 9.99. The second-order valence-electron chi connectivity index (χ2n) is 7.71. The fourth-order valence-corrected chi connectivity index (χ4v) is 4.47. The maximum Gasteiger partial charge on any atom is 0.333 e. The molecule has 2 saturated heterocycles. The second-order valence-corrected chi connectivity index (χ2v) is 7.71. The summed E-state index contributed by atoms with van der Waals surface area (Å²) in [5, 5.41) is 9.67. The van der Waals surface area contributed by atoms with Crippen LogP contribution in [0.25, 0.3) is 0 Å². The number of rotatable bonds is 9. The first-order valence-electron chi connectivity index (χ1n) is 9.75. The van der Waals surface area contributed by atoms with Crippen LogP contribution in [0.3, 0.4) is 0 Å². The fraction of sp³-hybridized carbons (Fsp3) is 0.619. The van der Waals surface area contributed by atoms with Gasteiger partial charge in [0, 0.05) is 32.0 Å². The molecule has 1 N–H and O–H groups in total. The van der Waals surface area contributed by atoms with Gasteiger partial charge in [-0.3, -0.25) is 4.79 Å². The van der Waals surface area contributed by atoms with E-state index in [2.05, 4.69) is 0 Å². The third-order valence-corrected chi connectivity index (χ3v) is 5.85. The van der Waals surface area contributed by atoms with Crippen molar-refractivity contribution < 1.29 is 24.2 Å². The number of piperidine rings is 2. The minimum absolute atomic E-state index is 0.0533. The zero-order valence-electron chi connectivity index (χ0n) is 15.9. The standard InChI is InChI=1S/C21H29NO5/c1-26-14-27-20(21(24)25)17(11-15-5-3-2-4-6-15)12-19(23)22-13-16-7-9-18(22)10-8-16/h2-6,16-18,20H,7-14H2,1H3,(H,24,25)/t16?,17-,18?,20?/m0/s1. The molecular weight excluding hydrogens is 346 g/mol. The third kappa shape index (κ3) is 5.08. The number of benzene rings is 1. The van der Waals surface area contributed by atoms with E-state index in [1.54, 1.807) is 0 Å². The van der Waals surface area contributed by atoms with Gasteiger partial charge in [-0.2, -0.15) is 0 Å². The summed E-state index contributed by atoms with van der Waals surface area (Å²) in [6.07, 6.45) is 4.14. The first-order chi connectivity index (χ1) is 13.1. The Morgan fingerprint density at radius 3 is 2.44 bits per heavy atom. The predicted molar refractivity (Wildman–Crippen MR) is 100 cm³/mol. The summed E-state index contributed by atoms with van der Waals surface area (Å²) in [5.74, 6) is -0.835. The summed E-state index contributed by atoms with van der Waals surface area (Å²) in [4.78, 5) is 26.8. The summed E-state index contributed by atoms with van der Waals surface area (Å²) < 4.78 is 10.3. The van der Waals surface area contributed by atoms with Crippen LogP contribution in [-0.2, 0) is 25.5 Å². The van der Waals surface area contributed by atoms with Gasteiger partial charge in [0.15, 0.2) is 6.10 Å². The minimum Gasteiger partial charge on any atom is -0.479 e. The lowest BCUT2D eigenvalue weighted by molar-refractivity contribution is -0.166. The maximum absolute atomic E-state index is 13.0. The molecule has 6 nitrogen and oxygen atoms in total. The molecule has 2 aliphatic heterocycles. The van der Waals surface area contributed by atoms with Gasteiger partial charge in [-0.1, -0.05) is 30.3 Å². The van der Waals surface area contributed by atoms with E-state index in [9.17, 15) is 14.7 Å². The van der Waals surface area contributed by atoms with E-state index in [0.29, 0.717) is 18.4 Å². The highest BCUT2D eigenvalue weighted by Gasteiger charge is 2.38. The van der Waals surface area contributed by atoms with Gasteiger partial charge in [0.1, 0.15) is 6.79 Å². The van der Waals surface area contributed by atoms with Crippen molar-refractivity contribution in [3.8, 4) is 0 Å². The summed E-state index contributed by atoms with van der Waals surface area (Å²) in [5.41, 5.74) is 1.00. The number of nitrogens with zero attached hydrogens (tertiary/aromatic N) is 1. The van der Waals surface area contributed by atoms with Crippen LogP contribution < -0.4 is 0 Å². The molecule has 4 rings (SSSR count). The van der Waals surface area contributed by atoms with Crippen LogP contribution in [0.15, 0.2) is 30.3 Å². The first-order valence-corrected chi connectivity index (χ1v) is 9.75. The van der Waals surface area contributed by atoms with Crippen molar-refractivity contribution >= 4 is 11.9 Å². The van der Waals surface area contributed by atoms with E-state index >= 15 is 0 Å². The molecule has 1 aromatic carbocycles. The Morgan fingerprint density at radius 1 is 1.19 bits per heavy atom.